The lowest BCUT2D eigenvalue weighted by atomic mass is 10.1. The van der Waals surface area contributed by atoms with E-state index in [1.807, 2.05) is 24.3 Å². The molecule has 78 valence electrons. The monoisotopic (exact) mass is 217 g/mol. The van der Waals surface area contributed by atoms with E-state index in [9.17, 15) is 0 Å². The van der Waals surface area contributed by atoms with Crippen molar-refractivity contribution in [3.8, 4) is 0 Å². The van der Waals surface area contributed by atoms with Gasteiger partial charge in [0, 0.05) is 11.4 Å². The quantitative estimate of drug-likeness (QED) is 0.816. The van der Waals surface area contributed by atoms with Crippen LogP contribution in [0.3, 0.4) is 0 Å². The summed E-state index contributed by atoms with van der Waals surface area (Å²) in [7, 11) is 0. The molecular formula is C13H15NS. The normalized spacial score (nSPS) is 10.5. The van der Waals surface area contributed by atoms with Crippen molar-refractivity contribution in [2.24, 2.45) is 5.73 Å². The first-order valence-corrected chi connectivity index (χ1v) is 5.60. The van der Waals surface area contributed by atoms with Crippen molar-refractivity contribution >= 4 is 22.7 Å². The first kappa shape index (κ1) is 11.8. The van der Waals surface area contributed by atoms with Gasteiger partial charge < -0.3 is 5.73 Å². The average molecular weight is 217 g/mol. The Kier molecular flexibility index (Phi) is 4.95. The smallest absolute Gasteiger partial charge is 0.0122 e. The van der Waals surface area contributed by atoms with E-state index in [1.165, 1.54) is 11.8 Å². The fraction of sp³-hybridized carbons (Fsp3) is 0.0769. The number of rotatable bonds is 5. The maximum absolute atomic E-state index is 5.43. The molecule has 0 heterocycles. The van der Waals surface area contributed by atoms with E-state index >= 15 is 0 Å². The summed E-state index contributed by atoms with van der Waals surface area (Å²) < 4.78 is 0. The van der Waals surface area contributed by atoms with Crippen molar-refractivity contribution in [1.82, 2.24) is 0 Å². The minimum absolute atomic E-state index is 0.551. The molecule has 0 amide bonds. The lowest BCUT2D eigenvalue weighted by Gasteiger charge is -2.06. The molecule has 1 rings (SSSR count). The highest BCUT2D eigenvalue weighted by molar-refractivity contribution is 8.10. The van der Waals surface area contributed by atoms with Gasteiger partial charge in [0.25, 0.3) is 0 Å². The molecule has 0 bridgehead atoms. The Balaban J connectivity index is 3.00. The largest absolute Gasteiger partial charge is 0.327 e. The molecule has 2 N–H and O–H groups in total. The predicted octanol–water partition coefficient (Wildman–Crippen LogP) is 3.51. The van der Waals surface area contributed by atoms with Gasteiger partial charge in [0.2, 0.25) is 0 Å². The van der Waals surface area contributed by atoms with Gasteiger partial charge in [-0.25, -0.2) is 0 Å². The highest BCUT2D eigenvalue weighted by Crippen LogP contribution is 2.29. The Morgan fingerprint density at radius 3 is 2.80 bits per heavy atom. The fourth-order valence-electron chi connectivity index (χ4n) is 1.26. The van der Waals surface area contributed by atoms with Gasteiger partial charge in [-0.2, -0.15) is 0 Å². The van der Waals surface area contributed by atoms with E-state index < -0.39 is 0 Å². The topological polar surface area (TPSA) is 26.0 Å². The van der Waals surface area contributed by atoms with E-state index in [2.05, 4.69) is 25.3 Å². The summed E-state index contributed by atoms with van der Waals surface area (Å²) in [4.78, 5) is 1.00. The molecule has 1 aromatic carbocycles. The first-order chi connectivity index (χ1) is 7.29. The SMILES string of the molecule is C=CSC(=C)c1ccccc1/C=C\CN. The van der Waals surface area contributed by atoms with Gasteiger partial charge in [-0.15, -0.1) is 0 Å². The van der Waals surface area contributed by atoms with Gasteiger partial charge in [0.15, 0.2) is 0 Å². The lowest BCUT2D eigenvalue weighted by Crippen LogP contribution is -1.92. The van der Waals surface area contributed by atoms with Crippen molar-refractivity contribution in [2.45, 2.75) is 0 Å². The standard InChI is InChI=1S/C13H15NS/c1-3-15-11(2)13-9-5-4-7-12(13)8-6-10-14/h3-9H,1-2,10,14H2/b8-6-. The average Bonchev–Trinajstić information content (AvgIpc) is 2.27. The number of hydrogen-bond donors (Lipinski definition) is 1. The third-order valence-electron chi connectivity index (χ3n) is 1.92. The minimum atomic E-state index is 0.551. The molecule has 1 nitrogen and oxygen atoms in total. The van der Waals surface area contributed by atoms with Crippen LogP contribution in [0.25, 0.3) is 11.0 Å². The third-order valence-corrected chi connectivity index (χ3v) is 2.59. The third kappa shape index (κ3) is 3.42. The van der Waals surface area contributed by atoms with Crippen molar-refractivity contribution < 1.29 is 0 Å². The van der Waals surface area contributed by atoms with Crippen LogP contribution in [0.5, 0.6) is 0 Å². The van der Waals surface area contributed by atoms with Crippen molar-refractivity contribution in [3.05, 3.63) is 60.0 Å². The van der Waals surface area contributed by atoms with Crippen LogP contribution in [0.1, 0.15) is 11.1 Å². The van der Waals surface area contributed by atoms with E-state index in [0.717, 1.165) is 16.0 Å². The van der Waals surface area contributed by atoms with Crippen molar-refractivity contribution in [1.29, 1.82) is 0 Å². The number of nitrogens with two attached hydrogens (primary N) is 1. The van der Waals surface area contributed by atoms with Gasteiger partial charge in [0.05, 0.1) is 0 Å². The van der Waals surface area contributed by atoms with Crippen molar-refractivity contribution in [2.75, 3.05) is 6.54 Å². The van der Waals surface area contributed by atoms with Crippen LogP contribution in [0.15, 0.2) is 48.9 Å². The summed E-state index contributed by atoms with van der Waals surface area (Å²) in [6.07, 6.45) is 3.95. The second kappa shape index (κ2) is 6.27. The molecule has 0 saturated carbocycles. The first-order valence-electron chi connectivity index (χ1n) is 4.72. The highest BCUT2D eigenvalue weighted by atomic mass is 32.2. The minimum Gasteiger partial charge on any atom is -0.327 e. The Morgan fingerprint density at radius 2 is 2.13 bits per heavy atom. The molecule has 2 heteroatoms. The van der Waals surface area contributed by atoms with Gasteiger partial charge >= 0.3 is 0 Å². The van der Waals surface area contributed by atoms with Crippen LogP contribution >= 0.6 is 11.8 Å². The molecule has 0 aliphatic rings. The van der Waals surface area contributed by atoms with E-state index in [1.54, 1.807) is 5.41 Å². The van der Waals surface area contributed by atoms with Crippen LogP contribution in [-0.2, 0) is 0 Å². The summed E-state index contributed by atoms with van der Waals surface area (Å²) in [5.41, 5.74) is 7.70. The second-order valence-corrected chi connectivity index (χ2v) is 3.99. The number of benzene rings is 1. The molecule has 0 unspecified atom stereocenters. The van der Waals surface area contributed by atoms with Gasteiger partial charge in [0.1, 0.15) is 0 Å². The summed E-state index contributed by atoms with van der Waals surface area (Å²) in [6.45, 7) is 8.24. The molecule has 1 aromatic rings. The Labute approximate surface area is 95.4 Å². The zero-order chi connectivity index (χ0) is 11.1. The second-order valence-electron chi connectivity index (χ2n) is 2.93. The zero-order valence-electron chi connectivity index (χ0n) is 8.65. The molecule has 0 spiro atoms. The number of hydrogen-bond acceptors (Lipinski definition) is 2. The zero-order valence-corrected chi connectivity index (χ0v) is 9.46. The predicted molar refractivity (Wildman–Crippen MR) is 71.4 cm³/mol. The van der Waals surface area contributed by atoms with Crippen LogP contribution in [0, 0.1) is 0 Å². The summed E-state index contributed by atoms with van der Waals surface area (Å²) >= 11 is 1.54. The molecule has 0 atom stereocenters. The van der Waals surface area contributed by atoms with Crippen LogP contribution in [-0.4, -0.2) is 6.54 Å². The molecule has 15 heavy (non-hydrogen) atoms. The Hall–Kier alpha value is -1.25. The molecule has 0 fully saturated rings. The molecule has 0 aromatic heterocycles. The highest BCUT2D eigenvalue weighted by Gasteiger charge is 2.01. The maximum Gasteiger partial charge on any atom is 0.0122 e. The Bertz CT molecular complexity index is 380. The van der Waals surface area contributed by atoms with E-state index in [4.69, 9.17) is 5.73 Å². The Morgan fingerprint density at radius 1 is 1.40 bits per heavy atom. The maximum atomic E-state index is 5.43. The molecular weight excluding hydrogens is 202 g/mol. The van der Waals surface area contributed by atoms with E-state index in [0.29, 0.717) is 6.54 Å². The van der Waals surface area contributed by atoms with Crippen LogP contribution < -0.4 is 5.73 Å². The molecule has 0 aliphatic carbocycles. The van der Waals surface area contributed by atoms with Gasteiger partial charge in [-0.05, 0) is 16.5 Å². The van der Waals surface area contributed by atoms with E-state index in [-0.39, 0.29) is 0 Å². The van der Waals surface area contributed by atoms with Crippen LogP contribution in [0.2, 0.25) is 0 Å². The van der Waals surface area contributed by atoms with Crippen molar-refractivity contribution in [3.63, 3.8) is 0 Å². The summed E-state index contributed by atoms with van der Waals surface area (Å²) in [6, 6.07) is 8.11. The van der Waals surface area contributed by atoms with Crippen LogP contribution in [0.4, 0.5) is 0 Å². The summed E-state index contributed by atoms with van der Waals surface area (Å²) in [5.74, 6) is 0. The van der Waals surface area contributed by atoms with Gasteiger partial charge in [-0.3, -0.25) is 0 Å². The fourth-order valence-corrected chi connectivity index (χ4v) is 1.77. The summed E-state index contributed by atoms with van der Waals surface area (Å²) in [5, 5.41) is 1.78. The lowest BCUT2D eigenvalue weighted by molar-refractivity contribution is 1.26. The molecule has 0 radical (unpaired) electrons. The van der Waals surface area contributed by atoms with Gasteiger partial charge in [-0.1, -0.05) is 61.3 Å². The number of thioether (sulfide) groups is 1. The molecule has 0 aliphatic heterocycles. The molecule has 0 saturated heterocycles.